The molecule has 5 heteroatoms. The number of carbonyl (C=O) groups excluding carboxylic acids is 1. The number of hydrogen-bond donors (Lipinski definition) is 2. The third-order valence-electron chi connectivity index (χ3n) is 3.66. The molecule has 2 N–H and O–H groups in total. The summed E-state index contributed by atoms with van der Waals surface area (Å²) < 4.78 is 4.63. The zero-order valence-corrected chi connectivity index (χ0v) is 11.8. The molecular formula is C14H22N2O3. The lowest BCUT2D eigenvalue weighted by Gasteiger charge is -2.30. The molecule has 1 aromatic rings. The first-order valence-electron chi connectivity index (χ1n) is 6.50. The Morgan fingerprint density at radius 2 is 2.16 bits per heavy atom. The molecule has 1 heterocycles. The van der Waals surface area contributed by atoms with Crippen molar-refractivity contribution in [1.29, 1.82) is 0 Å². The fourth-order valence-electron chi connectivity index (χ4n) is 1.83. The maximum atomic E-state index is 11.4. The van der Waals surface area contributed by atoms with Crippen LogP contribution in [0.1, 0.15) is 37.2 Å². The average Bonchev–Trinajstić information content (AvgIpc) is 2.48. The highest BCUT2D eigenvalue weighted by Gasteiger charge is 2.24. The molecular weight excluding hydrogens is 244 g/mol. The lowest BCUT2D eigenvalue weighted by molar-refractivity contribution is 0.0594. The first kappa shape index (κ1) is 15.4. The van der Waals surface area contributed by atoms with Crippen molar-refractivity contribution >= 4 is 11.7 Å². The van der Waals surface area contributed by atoms with E-state index in [-0.39, 0.29) is 17.7 Å². The van der Waals surface area contributed by atoms with E-state index in [1.807, 2.05) is 0 Å². The van der Waals surface area contributed by atoms with Gasteiger partial charge in [-0.2, -0.15) is 0 Å². The second-order valence-corrected chi connectivity index (χ2v) is 4.64. The maximum Gasteiger partial charge on any atom is 0.356 e. The Kier molecular flexibility index (Phi) is 5.76. The Labute approximate surface area is 114 Å². The Morgan fingerprint density at radius 1 is 1.47 bits per heavy atom. The molecule has 19 heavy (non-hydrogen) atoms. The van der Waals surface area contributed by atoms with Gasteiger partial charge in [-0.3, -0.25) is 0 Å². The van der Waals surface area contributed by atoms with Gasteiger partial charge in [-0.1, -0.05) is 13.8 Å². The van der Waals surface area contributed by atoms with Crippen molar-refractivity contribution in [3.05, 3.63) is 24.0 Å². The molecule has 0 aliphatic heterocycles. The summed E-state index contributed by atoms with van der Waals surface area (Å²) in [7, 11) is 1.33. The van der Waals surface area contributed by atoms with Gasteiger partial charge < -0.3 is 15.2 Å². The number of anilines is 1. The van der Waals surface area contributed by atoms with Crippen LogP contribution in [-0.2, 0) is 4.74 Å². The molecule has 5 nitrogen and oxygen atoms in total. The molecule has 0 aromatic carbocycles. The molecule has 0 aliphatic rings. The van der Waals surface area contributed by atoms with E-state index < -0.39 is 5.97 Å². The number of rotatable bonds is 7. The molecule has 0 amide bonds. The number of methoxy groups -OCH3 is 1. The lowest BCUT2D eigenvalue weighted by Crippen LogP contribution is -2.32. The van der Waals surface area contributed by atoms with Crippen LogP contribution in [-0.4, -0.2) is 36.3 Å². The number of aromatic nitrogens is 1. The molecule has 0 fully saturated rings. The van der Waals surface area contributed by atoms with Gasteiger partial charge in [-0.15, -0.1) is 0 Å². The summed E-state index contributed by atoms with van der Waals surface area (Å²) in [5.74, 6) is -0.456. The minimum absolute atomic E-state index is 0.130. The molecule has 0 saturated heterocycles. The van der Waals surface area contributed by atoms with Crippen LogP contribution in [0, 0.1) is 5.41 Å². The number of carbonyl (C=O) groups is 1. The van der Waals surface area contributed by atoms with Crippen LogP contribution in [0.25, 0.3) is 0 Å². The zero-order chi connectivity index (χ0) is 14.3. The molecule has 1 rings (SSSR count). The molecule has 0 radical (unpaired) electrons. The van der Waals surface area contributed by atoms with Gasteiger partial charge in [0.25, 0.3) is 0 Å². The summed E-state index contributed by atoms with van der Waals surface area (Å²) in [5.41, 5.74) is 0.944. The van der Waals surface area contributed by atoms with Crippen LogP contribution < -0.4 is 5.32 Å². The van der Waals surface area contributed by atoms with E-state index in [4.69, 9.17) is 0 Å². The van der Waals surface area contributed by atoms with Crippen LogP contribution in [0.3, 0.4) is 0 Å². The Balaban J connectivity index is 2.75. The van der Waals surface area contributed by atoms with Crippen LogP contribution in [0.4, 0.5) is 5.69 Å². The van der Waals surface area contributed by atoms with Gasteiger partial charge in [-0.05, 0) is 25.0 Å². The maximum absolute atomic E-state index is 11.4. The highest BCUT2D eigenvalue weighted by Crippen LogP contribution is 2.26. The van der Waals surface area contributed by atoms with Crippen molar-refractivity contribution in [2.24, 2.45) is 5.41 Å². The van der Waals surface area contributed by atoms with Crippen LogP contribution >= 0.6 is 0 Å². The Bertz CT molecular complexity index is 409. The van der Waals surface area contributed by atoms with Crippen LogP contribution in [0.15, 0.2) is 18.3 Å². The molecule has 106 valence electrons. The first-order valence-corrected chi connectivity index (χ1v) is 6.50. The predicted octanol–water partition coefficient (Wildman–Crippen LogP) is 2.08. The predicted molar refractivity (Wildman–Crippen MR) is 74.2 cm³/mol. The molecule has 0 spiro atoms. The highest BCUT2D eigenvalue weighted by molar-refractivity contribution is 5.88. The average molecular weight is 266 g/mol. The van der Waals surface area contributed by atoms with Gasteiger partial charge in [-0.25, -0.2) is 9.78 Å². The van der Waals surface area contributed by atoms with E-state index in [9.17, 15) is 9.90 Å². The van der Waals surface area contributed by atoms with Crippen molar-refractivity contribution in [2.75, 3.05) is 25.6 Å². The summed E-state index contributed by atoms with van der Waals surface area (Å²) in [6.07, 6.45) is 3.34. The molecule has 0 saturated carbocycles. The topological polar surface area (TPSA) is 71.5 Å². The van der Waals surface area contributed by atoms with E-state index in [0.717, 1.165) is 18.5 Å². The fraction of sp³-hybridized carbons (Fsp3) is 0.571. The molecule has 0 aliphatic carbocycles. The molecule has 0 bridgehead atoms. The molecule has 0 unspecified atom stereocenters. The summed E-state index contributed by atoms with van der Waals surface area (Å²) in [5, 5.41) is 12.8. The normalized spacial score (nSPS) is 11.2. The second kappa shape index (κ2) is 7.09. The second-order valence-electron chi connectivity index (χ2n) is 4.64. The Hall–Kier alpha value is -1.62. The van der Waals surface area contributed by atoms with Crippen molar-refractivity contribution in [3.8, 4) is 0 Å². The van der Waals surface area contributed by atoms with E-state index >= 15 is 0 Å². The Morgan fingerprint density at radius 3 is 2.68 bits per heavy atom. The van der Waals surface area contributed by atoms with Crippen molar-refractivity contribution in [3.63, 3.8) is 0 Å². The molecule has 1 aromatic heterocycles. The highest BCUT2D eigenvalue weighted by atomic mass is 16.5. The smallest absolute Gasteiger partial charge is 0.356 e. The number of aliphatic hydroxyl groups excluding tert-OH is 1. The van der Waals surface area contributed by atoms with Gasteiger partial charge in [0.2, 0.25) is 0 Å². The zero-order valence-electron chi connectivity index (χ0n) is 11.8. The molecule has 0 atom stereocenters. The number of nitrogens with zero attached hydrogens (tertiary/aromatic N) is 1. The van der Waals surface area contributed by atoms with Gasteiger partial charge in [0.05, 0.1) is 13.7 Å². The summed E-state index contributed by atoms with van der Waals surface area (Å²) in [4.78, 5) is 15.3. The number of aliphatic hydroxyl groups is 1. The largest absolute Gasteiger partial charge is 0.464 e. The van der Waals surface area contributed by atoms with E-state index in [1.54, 1.807) is 18.3 Å². The van der Waals surface area contributed by atoms with Gasteiger partial charge in [0, 0.05) is 23.8 Å². The van der Waals surface area contributed by atoms with Crippen molar-refractivity contribution < 1.29 is 14.6 Å². The fourth-order valence-corrected chi connectivity index (χ4v) is 1.83. The van der Waals surface area contributed by atoms with E-state index in [1.165, 1.54) is 7.11 Å². The lowest BCUT2D eigenvalue weighted by atomic mass is 9.83. The van der Waals surface area contributed by atoms with E-state index in [0.29, 0.717) is 6.54 Å². The summed E-state index contributed by atoms with van der Waals surface area (Å²) in [6.45, 7) is 4.92. The minimum Gasteiger partial charge on any atom is -0.464 e. The quantitative estimate of drug-likeness (QED) is 0.739. The van der Waals surface area contributed by atoms with Gasteiger partial charge in [0.1, 0.15) is 5.69 Å². The standard InChI is InChI=1S/C14H22N2O3/c1-4-14(5-2,10-17)9-16-11-6-7-15-12(8-11)13(18)19-3/h6-8,17H,4-5,9-10H2,1-3H3,(H,15,16). The number of nitrogens with one attached hydrogen (secondary N) is 1. The van der Waals surface area contributed by atoms with Crippen molar-refractivity contribution in [1.82, 2.24) is 4.98 Å². The van der Waals surface area contributed by atoms with Crippen molar-refractivity contribution in [2.45, 2.75) is 26.7 Å². The first-order chi connectivity index (χ1) is 9.10. The monoisotopic (exact) mass is 266 g/mol. The van der Waals surface area contributed by atoms with Gasteiger partial charge >= 0.3 is 5.97 Å². The van der Waals surface area contributed by atoms with Gasteiger partial charge in [0.15, 0.2) is 0 Å². The number of ether oxygens (including phenoxy) is 1. The number of hydrogen-bond acceptors (Lipinski definition) is 5. The SMILES string of the molecule is CCC(CC)(CO)CNc1ccnc(C(=O)OC)c1. The summed E-state index contributed by atoms with van der Waals surface area (Å²) >= 11 is 0. The van der Waals surface area contributed by atoms with Crippen LogP contribution in [0.5, 0.6) is 0 Å². The third kappa shape index (κ3) is 3.92. The number of pyridine rings is 1. The van der Waals surface area contributed by atoms with E-state index in [2.05, 4.69) is 28.9 Å². The number of esters is 1. The van der Waals surface area contributed by atoms with Crippen LogP contribution in [0.2, 0.25) is 0 Å². The summed E-state index contributed by atoms with van der Waals surface area (Å²) in [6, 6.07) is 3.44. The third-order valence-corrected chi connectivity index (χ3v) is 3.66. The minimum atomic E-state index is -0.456.